The Kier molecular flexibility index (Phi) is 3.30. The van der Waals surface area contributed by atoms with Gasteiger partial charge < -0.3 is 10.5 Å². The molecule has 0 unspecified atom stereocenters. The molecule has 0 aliphatic heterocycles. The maximum atomic E-state index is 12.1. The number of ether oxygens (including phenoxy) is 1. The fourth-order valence-electron chi connectivity index (χ4n) is 2.28. The number of nitrogens with one attached hydrogen (secondary N) is 1. The molecule has 0 amide bonds. The minimum absolute atomic E-state index is 0.134. The third-order valence-electron chi connectivity index (χ3n) is 3.43. The number of hydrogen-bond donors (Lipinski definition) is 2. The van der Waals surface area contributed by atoms with E-state index in [9.17, 15) is 8.78 Å². The third-order valence-corrected chi connectivity index (χ3v) is 3.43. The molecular weight excluding hydrogens is 264 g/mol. The van der Waals surface area contributed by atoms with Crippen molar-refractivity contribution < 1.29 is 13.5 Å². The van der Waals surface area contributed by atoms with Gasteiger partial charge in [0.1, 0.15) is 5.75 Å². The fraction of sp³-hybridized carbons (Fsp3) is 0.357. The Bertz CT molecular complexity index is 591. The molecule has 3 rings (SSSR count). The number of aromatic nitrogens is 2. The van der Waals surface area contributed by atoms with Crippen molar-refractivity contribution >= 4 is 5.82 Å². The van der Waals surface area contributed by atoms with Crippen LogP contribution in [0, 0.1) is 5.92 Å². The molecule has 1 aliphatic rings. The second kappa shape index (κ2) is 5.11. The van der Waals surface area contributed by atoms with Gasteiger partial charge in [0, 0.05) is 11.3 Å². The summed E-state index contributed by atoms with van der Waals surface area (Å²) in [6.45, 7) is -2.81. The number of alkyl halides is 2. The quantitative estimate of drug-likeness (QED) is 0.883. The average Bonchev–Trinajstić information content (AvgIpc) is 3.14. The van der Waals surface area contributed by atoms with Gasteiger partial charge in [-0.2, -0.15) is 13.9 Å². The van der Waals surface area contributed by atoms with E-state index in [1.54, 1.807) is 12.1 Å². The predicted molar refractivity (Wildman–Crippen MR) is 71.5 cm³/mol. The van der Waals surface area contributed by atoms with Crippen molar-refractivity contribution in [3.63, 3.8) is 0 Å². The summed E-state index contributed by atoms with van der Waals surface area (Å²) in [6, 6.07) is 6.45. The summed E-state index contributed by atoms with van der Waals surface area (Å²) in [5, 5.41) is 7.01. The van der Waals surface area contributed by atoms with Crippen LogP contribution in [0.15, 0.2) is 24.3 Å². The van der Waals surface area contributed by atoms with Gasteiger partial charge in [-0.1, -0.05) is 12.1 Å². The van der Waals surface area contributed by atoms with E-state index in [0.29, 0.717) is 11.7 Å². The summed E-state index contributed by atoms with van der Waals surface area (Å²) in [4.78, 5) is 0. The van der Waals surface area contributed by atoms with Gasteiger partial charge in [-0.3, -0.25) is 5.10 Å². The smallest absolute Gasteiger partial charge is 0.387 e. The van der Waals surface area contributed by atoms with Crippen molar-refractivity contribution in [2.24, 2.45) is 5.92 Å². The second-order valence-electron chi connectivity index (χ2n) is 5.01. The molecule has 1 aromatic carbocycles. The van der Waals surface area contributed by atoms with Crippen LogP contribution in [0.5, 0.6) is 5.75 Å². The Labute approximate surface area is 114 Å². The first-order valence-corrected chi connectivity index (χ1v) is 6.51. The van der Waals surface area contributed by atoms with Crippen LogP contribution in [0.4, 0.5) is 14.6 Å². The molecule has 3 N–H and O–H groups in total. The predicted octanol–water partition coefficient (Wildman–Crippen LogP) is 3.21. The number of nitrogens with two attached hydrogens (primary N) is 1. The molecule has 2 aromatic rings. The van der Waals surface area contributed by atoms with Crippen LogP contribution in [-0.4, -0.2) is 16.8 Å². The zero-order valence-corrected chi connectivity index (χ0v) is 10.8. The Hall–Kier alpha value is -2.11. The third kappa shape index (κ3) is 2.74. The Morgan fingerprint density at radius 2 is 2.00 bits per heavy atom. The molecule has 6 heteroatoms. The highest BCUT2D eigenvalue weighted by Gasteiger charge is 2.25. The van der Waals surface area contributed by atoms with Gasteiger partial charge in [-0.05, 0) is 42.9 Å². The van der Waals surface area contributed by atoms with Gasteiger partial charge in [0.05, 0.1) is 0 Å². The lowest BCUT2D eigenvalue weighted by Crippen LogP contribution is -2.01. The van der Waals surface area contributed by atoms with E-state index in [-0.39, 0.29) is 5.75 Å². The summed E-state index contributed by atoms with van der Waals surface area (Å²) in [6.07, 6.45) is 3.40. The number of rotatable bonds is 5. The molecule has 106 valence electrons. The van der Waals surface area contributed by atoms with Gasteiger partial charge in [0.15, 0.2) is 5.82 Å². The molecule has 20 heavy (non-hydrogen) atoms. The van der Waals surface area contributed by atoms with Crippen molar-refractivity contribution in [3.8, 4) is 16.9 Å². The number of benzene rings is 1. The number of H-pyrrole nitrogens is 1. The zero-order valence-electron chi connectivity index (χ0n) is 10.8. The van der Waals surface area contributed by atoms with Crippen molar-refractivity contribution in [3.05, 3.63) is 30.0 Å². The number of anilines is 1. The van der Waals surface area contributed by atoms with Crippen LogP contribution in [0.25, 0.3) is 11.1 Å². The van der Waals surface area contributed by atoms with Crippen LogP contribution in [0.1, 0.15) is 18.5 Å². The molecular formula is C14H15F2N3O. The molecule has 1 heterocycles. The molecule has 0 bridgehead atoms. The highest BCUT2D eigenvalue weighted by molar-refractivity contribution is 5.76. The van der Waals surface area contributed by atoms with E-state index in [2.05, 4.69) is 14.9 Å². The SMILES string of the molecule is Nc1n[nH]c(CC2CC2)c1-c1ccc(OC(F)F)cc1. The lowest BCUT2D eigenvalue weighted by molar-refractivity contribution is -0.0498. The molecule has 1 fully saturated rings. The van der Waals surface area contributed by atoms with Gasteiger partial charge in [0.25, 0.3) is 0 Å². The number of halogens is 2. The first kappa shape index (κ1) is 12.9. The first-order valence-electron chi connectivity index (χ1n) is 6.51. The normalized spacial score (nSPS) is 14.8. The maximum absolute atomic E-state index is 12.1. The number of nitrogens with zero attached hydrogens (tertiary/aromatic N) is 1. The lowest BCUT2D eigenvalue weighted by atomic mass is 10.0. The Balaban J connectivity index is 1.86. The summed E-state index contributed by atoms with van der Waals surface area (Å²) in [5.41, 5.74) is 8.62. The first-order chi connectivity index (χ1) is 9.63. The standard InChI is InChI=1S/C14H15F2N3O/c15-14(16)20-10-5-3-9(4-6-10)12-11(7-8-1-2-8)18-19-13(12)17/h3-6,8,14H,1-2,7H2,(H3,17,18,19). The molecule has 0 spiro atoms. The molecule has 0 radical (unpaired) electrons. The van der Waals surface area contributed by atoms with Crippen LogP contribution in [0.2, 0.25) is 0 Å². The lowest BCUT2D eigenvalue weighted by Gasteiger charge is -2.07. The van der Waals surface area contributed by atoms with E-state index in [0.717, 1.165) is 23.2 Å². The summed E-state index contributed by atoms with van der Waals surface area (Å²) in [7, 11) is 0. The molecule has 0 atom stereocenters. The van der Waals surface area contributed by atoms with Crippen molar-refractivity contribution in [2.45, 2.75) is 25.9 Å². The summed E-state index contributed by atoms with van der Waals surface area (Å²) in [5.74, 6) is 1.27. The molecule has 4 nitrogen and oxygen atoms in total. The largest absolute Gasteiger partial charge is 0.435 e. The minimum Gasteiger partial charge on any atom is -0.435 e. The number of nitrogen functional groups attached to an aromatic ring is 1. The summed E-state index contributed by atoms with van der Waals surface area (Å²) < 4.78 is 28.6. The fourth-order valence-corrected chi connectivity index (χ4v) is 2.28. The average molecular weight is 279 g/mol. The highest BCUT2D eigenvalue weighted by Crippen LogP contribution is 2.37. The van der Waals surface area contributed by atoms with E-state index >= 15 is 0 Å². The van der Waals surface area contributed by atoms with Crippen LogP contribution in [0.3, 0.4) is 0 Å². The van der Waals surface area contributed by atoms with Gasteiger partial charge >= 0.3 is 6.61 Å². The van der Waals surface area contributed by atoms with Crippen LogP contribution < -0.4 is 10.5 Å². The van der Waals surface area contributed by atoms with E-state index < -0.39 is 6.61 Å². The molecule has 1 aliphatic carbocycles. The van der Waals surface area contributed by atoms with Gasteiger partial charge in [-0.15, -0.1) is 0 Å². The topological polar surface area (TPSA) is 63.9 Å². The van der Waals surface area contributed by atoms with Gasteiger partial charge in [-0.25, -0.2) is 0 Å². The maximum Gasteiger partial charge on any atom is 0.387 e. The van der Waals surface area contributed by atoms with Crippen LogP contribution >= 0.6 is 0 Å². The van der Waals surface area contributed by atoms with Crippen molar-refractivity contribution in [1.29, 1.82) is 0 Å². The van der Waals surface area contributed by atoms with Crippen LogP contribution in [-0.2, 0) is 6.42 Å². The molecule has 1 saturated carbocycles. The van der Waals surface area contributed by atoms with E-state index in [1.807, 2.05) is 0 Å². The minimum atomic E-state index is -2.81. The van der Waals surface area contributed by atoms with Gasteiger partial charge in [0.2, 0.25) is 0 Å². The molecule has 0 saturated heterocycles. The summed E-state index contributed by atoms with van der Waals surface area (Å²) >= 11 is 0. The number of aromatic amines is 1. The van der Waals surface area contributed by atoms with Crippen molar-refractivity contribution in [2.75, 3.05) is 5.73 Å². The van der Waals surface area contributed by atoms with E-state index in [1.165, 1.54) is 25.0 Å². The second-order valence-corrected chi connectivity index (χ2v) is 5.01. The monoisotopic (exact) mass is 279 g/mol. The zero-order chi connectivity index (χ0) is 14.1. The van der Waals surface area contributed by atoms with Crippen molar-refractivity contribution in [1.82, 2.24) is 10.2 Å². The molecule has 1 aromatic heterocycles. The highest BCUT2D eigenvalue weighted by atomic mass is 19.3. The number of hydrogen-bond acceptors (Lipinski definition) is 3. The Morgan fingerprint density at radius 3 is 2.60 bits per heavy atom. The van der Waals surface area contributed by atoms with E-state index in [4.69, 9.17) is 5.73 Å². The Morgan fingerprint density at radius 1 is 1.30 bits per heavy atom.